The van der Waals surface area contributed by atoms with Crippen LogP contribution in [0.25, 0.3) is 5.57 Å². The summed E-state index contributed by atoms with van der Waals surface area (Å²) in [5, 5.41) is 0. The number of likely N-dealkylation sites (tertiary alicyclic amines) is 1. The third kappa shape index (κ3) is 12.2. The predicted molar refractivity (Wildman–Crippen MR) is 133 cm³/mol. The molecule has 35 heavy (non-hydrogen) atoms. The first kappa shape index (κ1) is 37.8. The van der Waals surface area contributed by atoms with Crippen LogP contribution in [0.1, 0.15) is 52.2 Å². The van der Waals surface area contributed by atoms with Crippen molar-refractivity contribution >= 4 is 18.0 Å². The van der Waals surface area contributed by atoms with Crippen molar-refractivity contribution in [3.63, 3.8) is 0 Å². The first-order valence-electron chi connectivity index (χ1n) is 10.3. The number of rotatable bonds is 5. The fraction of sp³-hybridized carbons (Fsp3) is 0.407. The van der Waals surface area contributed by atoms with E-state index in [4.69, 9.17) is 20.8 Å². The van der Waals surface area contributed by atoms with E-state index in [1.807, 2.05) is 27.1 Å². The summed E-state index contributed by atoms with van der Waals surface area (Å²) in [5.41, 5.74) is 2.60. The molecule has 1 amide bonds. The number of hydrogen-bond acceptors (Lipinski definition) is 5. The van der Waals surface area contributed by atoms with E-state index in [-0.39, 0.29) is 51.2 Å². The van der Waals surface area contributed by atoms with Crippen LogP contribution in [0, 0.1) is 33.8 Å². The number of amides is 1. The van der Waals surface area contributed by atoms with Gasteiger partial charge in [0.2, 0.25) is 0 Å². The summed E-state index contributed by atoms with van der Waals surface area (Å²) in [4.78, 5) is 23.8. The minimum atomic E-state index is -0.394. The van der Waals surface area contributed by atoms with E-state index in [0.717, 1.165) is 6.42 Å². The van der Waals surface area contributed by atoms with Crippen LogP contribution >= 0.6 is 0 Å². The molecular formula is C27H37Li2NO5-4. The molecule has 2 rings (SSSR count). The maximum atomic E-state index is 11.5. The van der Waals surface area contributed by atoms with Crippen LogP contribution in [-0.2, 0) is 9.53 Å². The van der Waals surface area contributed by atoms with E-state index in [1.54, 1.807) is 45.1 Å². The second kappa shape index (κ2) is 17.7. The van der Waals surface area contributed by atoms with Crippen molar-refractivity contribution in [2.45, 2.75) is 46.6 Å². The molecule has 0 radical (unpaired) electrons. The molecule has 186 valence electrons. The Hall–Kier alpha value is -1.70. The number of ether oxygens (including phenoxy) is 3. The topological polar surface area (TPSA) is 65.1 Å². The molecule has 1 aromatic rings. The number of hydrogen-bond donors (Lipinski definition) is 0. The minimum Gasteiger partial charge on any atom is -0.554 e. The SMILES string of the molecule is CC(C)(C)OC(=O)N1C[CH-]C[CH-]C1.[CH-]=C(/C(C)=C(/C)[C-]=O)c1cc(OC)c([CH2-])c(OC)c1.[CH3-].[Li+].[Li+]. The number of carbonyl (C=O) groups excluding carboxylic acids is 2. The Morgan fingerprint density at radius 2 is 1.54 bits per heavy atom. The molecule has 0 spiro atoms. The summed E-state index contributed by atoms with van der Waals surface area (Å²) in [5.74, 6) is 1.16. The summed E-state index contributed by atoms with van der Waals surface area (Å²) >= 11 is 0. The summed E-state index contributed by atoms with van der Waals surface area (Å²) in [6.07, 6.45) is 6.73. The van der Waals surface area contributed by atoms with Crippen LogP contribution in [0.2, 0.25) is 0 Å². The van der Waals surface area contributed by atoms with Crippen molar-refractivity contribution in [2.24, 2.45) is 0 Å². The Kier molecular flexibility index (Phi) is 19.1. The second-order valence-electron chi connectivity index (χ2n) is 8.32. The van der Waals surface area contributed by atoms with Crippen molar-refractivity contribution in [2.75, 3.05) is 27.3 Å². The number of carbonyl (C=O) groups is 1. The van der Waals surface area contributed by atoms with Gasteiger partial charge in [0.05, 0.1) is 14.2 Å². The maximum absolute atomic E-state index is 11.5. The molecule has 0 aromatic heterocycles. The van der Waals surface area contributed by atoms with Gasteiger partial charge >= 0.3 is 43.8 Å². The van der Waals surface area contributed by atoms with Gasteiger partial charge in [-0.05, 0) is 27.1 Å². The van der Waals surface area contributed by atoms with Gasteiger partial charge in [-0.2, -0.15) is 18.1 Å². The second-order valence-corrected chi connectivity index (χ2v) is 8.32. The van der Waals surface area contributed by atoms with Crippen LogP contribution in [0.3, 0.4) is 0 Å². The Labute approximate surface area is 237 Å². The maximum Gasteiger partial charge on any atom is 1.00 e. The quantitative estimate of drug-likeness (QED) is 0.255. The van der Waals surface area contributed by atoms with Gasteiger partial charge in [0, 0.05) is 11.5 Å². The molecule has 8 heteroatoms. The van der Waals surface area contributed by atoms with E-state index in [1.165, 1.54) is 0 Å². The van der Waals surface area contributed by atoms with Crippen molar-refractivity contribution < 1.29 is 61.5 Å². The molecule has 1 aliphatic heterocycles. The molecule has 6 nitrogen and oxygen atoms in total. The molecule has 0 bridgehead atoms. The van der Waals surface area contributed by atoms with E-state index < -0.39 is 5.60 Å². The largest absolute Gasteiger partial charge is 1.00 e. The number of methoxy groups -OCH3 is 2. The predicted octanol–water partition coefficient (Wildman–Crippen LogP) is -0.357. The van der Waals surface area contributed by atoms with Gasteiger partial charge in [-0.25, -0.2) is 22.5 Å². The van der Waals surface area contributed by atoms with Crippen molar-refractivity contribution in [3.05, 3.63) is 68.2 Å². The Balaban J connectivity index is -0.000000569. The first-order chi connectivity index (χ1) is 14.9. The van der Waals surface area contributed by atoms with Crippen LogP contribution in [0.15, 0.2) is 23.3 Å². The molecule has 0 atom stereocenters. The fourth-order valence-electron chi connectivity index (χ4n) is 2.76. The van der Waals surface area contributed by atoms with Gasteiger partial charge in [-0.15, -0.1) is 37.7 Å². The fourth-order valence-corrected chi connectivity index (χ4v) is 2.76. The molecule has 0 N–H and O–H groups in total. The van der Waals surface area contributed by atoms with Gasteiger partial charge < -0.3 is 50.6 Å². The van der Waals surface area contributed by atoms with Crippen molar-refractivity contribution in [3.8, 4) is 11.5 Å². The zero-order valence-electron chi connectivity index (χ0n) is 23.2. The van der Waals surface area contributed by atoms with Crippen LogP contribution in [0.5, 0.6) is 11.5 Å². The van der Waals surface area contributed by atoms with Crippen LogP contribution < -0.4 is 47.2 Å². The first-order valence-corrected chi connectivity index (χ1v) is 10.3. The molecule has 1 aromatic carbocycles. The third-order valence-electron chi connectivity index (χ3n) is 4.72. The molecule has 1 fully saturated rings. The van der Waals surface area contributed by atoms with Gasteiger partial charge in [-0.1, -0.05) is 6.92 Å². The normalized spacial score (nSPS) is 13.2. The number of nitrogens with zero attached hydrogens (tertiary/aromatic N) is 1. The Morgan fingerprint density at radius 1 is 1.09 bits per heavy atom. The Bertz CT molecular complexity index is 829. The molecule has 0 saturated carbocycles. The van der Waals surface area contributed by atoms with Gasteiger partial charge in [0.1, 0.15) is 5.60 Å². The molecule has 1 saturated heterocycles. The summed E-state index contributed by atoms with van der Waals surface area (Å²) in [6, 6.07) is 3.53. The van der Waals surface area contributed by atoms with Gasteiger partial charge in [0.15, 0.2) is 0 Å². The van der Waals surface area contributed by atoms with Crippen molar-refractivity contribution in [1.29, 1.82) is 0 Å². The molecule has 1 aliphatic rings. The molecule has 0 aliphatic carbocycles. The summed E-state index contributed by atoms with van der Waals surface area (Å²) < 4.78 is 15.7. The number of piperidine rings is 1. The smallest absolute Gasteiger partial charge is 0.554 e. The average molecular weight is 469 g/mol. The Morgan fingerprint density at radius 3 is 1.91 bits per heavy atom. The zero-order chi connectivity index (χ0) is 24.5. The van der Waals surface area contributed by atoms with Crippen molar-refractivity contribution in [1.82, 2.24) is 4.90 Å². The summed E-state index contributed by atoms with van der Waals surface area (Å²) in [6.45, 7) is 20.4. The minimum absolute atomic E-state index is 0. The summed E-state index contributed by atoms with van der Waals surface area (Å²) in [7, 11) is 3.10. The standard InChI is InChI=1S/C16H17O3.C10H17NO2.CH3.2Li/c1-10(9-17)11(2)12(3)14-7-15(18-5)13(4)16(8-14)19-6;1-10(2,3)13-9(12)11-7-5-4-6-8-11;;;/h3,7-8H,4H2,1-2,5-6H3;5-6H,4,7-8H2,1-3H3;1H3;;/q-3;-2;-1;2*+1/b11-10-;;;;. The number of allylic oxidation sites excluding steroid dienone is 3. The van der Waals surface area contributed by atoms with Crippen LogP contribution in [0.4, 0.5) is 4.79 Å². The number of benzene rings is 1. The van der Waals surface area contributed by atoms with Gasteiger partial charge in [-0.3, -0.25) is 0 Å². The molecule has 0 unspecified atom stereocenters. The third-order valence-corrected chi connectivity index (χ3v) is 4.72. The van der Waals surface area contributed by atoms with E-state index in [0.29, 0.717) is 52.4 Å². The molecule has 1 heterocycles. The zero-order valence-corrected chi connectivity index (χ0v) is 23.2. The van der Waals surface area contributed by atoms with E-state index in [2.05, 4.69) is 19.8 Å². The van der Waals surface area contributed by atoms with E-state index >= 15 is 0 Å². The van der Waals surface area contributed by atoms with Gasteiger partial charge in [0.25, 0.3) is 0 Å². The average Bonchev–Trinajstić information content (AvgIpc) is 2.77. The monoisotopic (exact) mass is 469 g/mol. The van der Waals surface area contributed by atoms with Crippen LogP contribution in [-0.4, -0.2) is 50.2 Å². The molecular weight excluding hydrogens is 432 g/mol. The van der Waals surface area contributed by atoms with E-state index in [9.17, 15) is 9.59 Å².